The standard InChI is InChI=1S/C12H12O2S/c1-7(2)9-6-15-10-5-3-4-8(11(9)10)12(13)14/h3-7H,1-2H3,(H,13,14). The minimum Gasteiger partial charge on any atom is -0.478 e. The van der Waals surface area contributed by atoms with Gasteiger partial charge in [-0.15, -0.1) is 11.3 Å². The highest BCUT2D eigenvalue weighted by Crippen LogP contribution is 2.33. The number of hydrogen-bond acceptors (Lipinski definition) is 2. The lowest BCUT2D eigenvalue weighted by Crippen LogP contribution is -1.98. The minimum atomic E-state index is -0.846. The third kappa shape index (κ3) is 1.63. The number of benzene rings is 1. The molecule has 0 aliphatic carbocycles. The summed E-state index contributed by atoms with van der Waals surface area (Å²) < 4.78 is 1.05. The van der Waals surface area contributed by atoms with Gasteiger partial charge < -0.3 is 5.11 Å². The van der Waals surface area contributed by atoms with E-state index < -0.39 is 5.97 Å². The zero-order valence-electron chi connectivity index (χ0n) is 8.65. The van der Waals surface area contributed by atoms with Crippen LogP contribution in [0.3, 0.4) is 0 Å². The van der Waals surface area contributed by atoms with Crippen molar-refractivity contribution in [3.8, 4) is 0 Å². The van der Waals surface area contributed by atoms with Gasteiger partial charge in [0.1, 0.15) is 0 Å². The molecule has 0 fully saturated rings. The zero-order valence-corrected chi connectivity index (χ0v) is 9.47. The van der Waals surface area contributed by atoms with E-state index in [4.69, 9.17) is 5.11 Å². The first kappa shape index (κ1) is 10.2. The van der Waals surface area contributed by atoms with E-state index in [1.54, 1.807) is 23.5 Å². The Morgan fingerprint density at radius 3 is 2.73 bits per heavy atom. The fourth-order valence-corrected chi connectivity index (χ4v) is 2.86. The maximum atomic E-state index is 11.1. The van der Waals surface area contributed by atoms with Gasteiger partial charge in [0.25, 0.3) is 0 Å². The van der Waals surface area contributed by atoms with Crippen LogP contribution in [-0.4, -0.2) is 11.1 Å². The van der Waals surface area contributed by atoms with Crippen LogP contribution in [0.2, 0.25) is 0 Å². The van der Waals surface area contributed by atoms with Gasteiger partial charge >= 0.3 is 5.97 Å². The molecule has 0 spiro atoms. The summed E-state index contributed by atoms with van der Waals surface area (Å²) in [5.41, 5.74) is 1.55. The molecular weight excluding hydrogens is 208 g/mol. The van der Waals surface area contributed by atoms with Crippen LogP contribution < -0.4 is 0 Å². The first-order chi connectivity index (χ1) is 7.11. The number of fused-ring (bicyclic) bond motifs is 1. The van der Waals surface area contributed by atoms with E-state index in [1.165, 1.54) is 0 Å². The Balaban J connectivity index is 2.80. The van der Waals surface area contributed by atoms with Crippen molar-refractivity contribution < 1.29 is 9.90 Å². The van der Waals surface area contributed by atoms with Crippen LogP contribution in [0.5, 0.6) is 0 Å². The summed E-state index contributed by atoms with van der Waals surface area (Å²) in [4.78, 5) is 11.1. The Morgan fingerprint density at radius 1 is 1.40 bits per heavy atom. The molecule has 3 heteroatoms. The molecule has 1 aromatic heterocycles. The average Bonchev–Trinajstić information content (AvgIpc) is 2.60. The zero-order chi connectivity index (χ0) is 11.0. The maximum absolute atomic E-state index is 11.1. The molecule has 2 aromatic rings. The first-order valence-electron chi connectivity index (χ1n) is 4.84. The molecule has 1 heterocycles. The summed E-state index contributed by atoms with van der Waals surface area (Å²) in [6, 6.07) is 5.44. The SMILES string of the molecule is CC(C)c1csc2cccc(C(=O)O)c12. The molecule has 0 bridgehead atoms. The Labute approximate surface area is 92.2 Å². The molecule has 15 heavy (non-hydrogen) atoms. The maximum Gasteiger partial charge on any atom is 0.336 e. The van der Waals surface area contributed by atoms with Crippen LogP contribution in [0.1, 0.15) is 35.7 Å². The largest absolute Gasteiger partial charge is 0.478 e. The van der Waals surface area contributed by atoms with Gasteiger partial charge in [0, 0.05) is 10.1 Å². The Morgan fingerprint density at radius 2 is 2.13 bits per heavy atom. The summed E-state index contributed by atoms with van der Waals surface area (Å²) >= 11 is 1.61. The highest BCUT2D eigenvalue weighted by atomic mass is 32.1. The second-order valence-electron chi connectivity index (χ2n) is 3.83. The van der Waals surface area contributed by atoms with Crippen molar-refractivity contribution in [3.63, 3.8) is 0 Å². The summed E-state index contributed by atoms with van der Waals surface area (Å²) in [6.07, 6.45) is 0. The van der Waals surface area contributed by atoms with E-state index >= 15 is 0 Å². The van der Waals surface area contributed by atoms with Crippen LogP contribution >= 0.6 is 11.3 Å². The quantitative estimate of drug-likeness (QED) is 0.837. The molecule has 0 unspecified atom stereocenters. The predicted octanol–water partition coefficient (Wildman–Crippen LogP) is 3.72. The van der Waals surface area contributed by atoms with Crippen LogP contribution in [-0.2, 0) is 0 Å². The fraction of sp³-hybridized carbons (Fsp3) is 0.250. The second kappa shape index (κ2) is 3.66. The molecule has 0 saturated heterocycles. The Kier molecular flexibility index (Phi) is 2.49. The van der Waals surface area contributed by atoms with Crippen molar-refractivity contribution in [2.45, 2.75) is 19.8 Å². The summed E-state index contributed by atoms with van der Waals surface area (Å²) in [6.45, 7) is 4.17. The minimum absolute atomic E-state index is 0.360. The second-order valence-corrected chi connectivity index (χ2v) is 4.74. The number of thiophene rings is 1. The van der Waals surface area contributed by atoms with E-state index in [-0.39, 0.29) is 0 Å². The van der Waals surface area contributed by atoms with Crippen molar-refractivity contribution in [2.75, 3.05) is 0 Å². The van der Waals surface area contributed by atoms with Crippen LogP contribution in [0.15, 0.2) is 23.6 Å². The van der Waals surface area contributed by atoms with Crippen LogP contribution in [0.25, 0.3) is 10.1 Å². The summed E-state index contributed by atoms with van der Waals surface area (Å²) in [5.74, 6) is -0.486. The van der Waals surface area contributed by atoms with Crippen molar-refractivity contribution in [3.05, 3.63) is 34.7 Å². The highest BCUT2D eigenvalue weighted by molar-refractivity contribution is 7.17. The third-order valence-corrected chi connectivity index (χ3v) is 3.45. The molecule has 0 aliphatic rings. The van der Waals surface area contributed by atoms with Gasteiger partial charge in [0.05, 0.1) is 5.56 Å². The molecule has 1 N–H and O–H groups in total. The molecule has 1 aromatic carbocycles. The number of aromatic carboxylic acids is 1. The van der Waals surface area contributed by atoms with E-state index in [9.17, 15) is 4.79 Å². The molecular formula is C12H12O2S. The van der Waals surface area contributed by atoms with Gasteiger partial charge in [0.2, 0.25) is 0 Å². The lowest BCUT2D eigenvalue weighted by molar-refractivity contribution is 0.0699. The van der Waals surface area contributed by atoms with Crippen molar-refractivity contribution in [1.82, 2.24) is 0 Å². The summed E-state index contributed by atoms with van der Waals surface area (Å²) in [7, 11) is 0. The Bertz CT molecular complexity index is 511. The lowest BCUT2D eigenvalue weighted by Gasteiger charge is -2.05. The highest BCUT2D eigenvalue weighted by Gasteiger charge is 2.14. The topological polar surface area (TPSA) is 37.3 Å². The van der Waals surface area contributed by atoms with E-state index in [0.29, 0.717) is 11.5 Å². The number of rotatable bonds is 2. The molecule has 0 radical (unpaired) electrons. The normalized spacial score (nSPS) is 11.1. The van der Waals surface area contributed by atoms with Crippen molar-refractivity contribution >= 4 is 27.4 Å². The van der Waals surface area contributed by atoms with Gasteiger partial charge in [0.15, 0.2) is 0 Å². The first-order valence-corrected chi connectivity index (χ1v) is 5.72. The van der Waals surface area contributed by atoms with E-state index in [0.717, 1.165) is 15.6 Å². The molecule has 2 nitrogen and oxygen atoms in total. The van der Waals surface area contributed by atoms with Crippen LogP contribution in [0, 0.1) is 0 Å². The number of carboxylic acids is 1. The number of carboxylic acid groups (broad SMARTS) is 1. The third-order valence-electron chi connectivity index (χ3n) is 2.48. The van der Waals surface area contributed by atoms with Gasteiger partial charge in [-0.25, -0.2) is 4.79 Å². The van der Waals surface area contributed by atoms with Gasteiger partial charge in [-0.2, -0.15) is 0 Å². The number of hydrogen-bond donors (Lipinski definition) is 1. The van der Waals surface area contributed by atoms with Crippen LogP contribution in [0.4, 0.5) is 0 Å². The van der Waals surface area contributed by atoms with Crippen molar-refractivity contribution in [2.24, 2.45) is 0 Å². The van der Waals surface area contributed by atoms with E-state index in [2.05, 4.69) is 19.2 Å². The Hall–Kier alpha value is -1.35. The molecule has 0 aliphatic heterocycles. The average molecular weight is 220 g/mol. The smallest absolute Gasteiger partial charge is 0.336 e. The fourth-order valence-electron chi connectivity index (χ4n) is 1.72. The van der Waals surface area contributed by atoms with Crippen molar-refractivity contribution in [1.29, 1.82) is 0 Å². The predicted molar refractivity (Wildman–Crippen MR) is 62.9 cm³/mol. The molecule has 2 rings (SSSR count). The molecule has 0 amide bonds. The lowest BCUT2D eigenvalue weighted by atomic mass is 9.99. The monoisotopic (exact) mass is 220 g/mol. The summed E-state index contributed by atoms with van der Waals surface area (Å²) in [5, 5.41) is 12.1. The molecule has 0 atom stereocenters. The van der Waals surface area contributed by atoms with Gasteiger partial charge in [-0.05, 0) is 29.0 Å². The molecule has 78 valence electrons. The molecule has 0 saturated carbocycles. The van der Waals surface area contributed by atoms with E-state index in [1.807, 2.05) is 6.07 Å². The number of carbonyl (C=O) groups is 1. The van der Waals surface area contributed by atoms with Gasteiger partial charge in [-0.1, -0.05) is 19.9 Å². The van der Waals surface area contributed by atoms with Gasteiger partial charge in [-0.3, -0.25) is 0 Å².